The number of ether oxygens (including phenoxy) is 1. The lowest BCUT2D eigenvalue weighted by molar-refractivity contribution is -0.129. The van der Waals surface area contributed by atoms with Crippen LogP contribution in [0.4, 0.5) is 0 Å². The third-order valence-electron chi connectivity index (χ3n) is 3.50. The summed E-state index contributed by atoms with van der Waals surface area (Å²) in [4.78, 5) is 12.3. The predicted molar refractivity (Wildman–Crippen MR) is 88.4 cm³/mol. The standard InChI is InChI=1S/C16H20INO2/c1-2-5-15(12-6-3-8-14(17)10-12)18-16(19)13-7-4-9-20-11-13/h2-3,6,8,10,13,15H,1,4-5,7,9,11H2,(H,18,19). The Morgan fingerprint density at radius 3 is 3.10 bits per heavy atom. The fraction of sp³-hybridized carbons (Fsp3) is 0.438. The third-order valence-corrected chi connectivity index (χ3v) is 4.17. The molecule has 20 heavy (non-hydrogen) atoms. The number of hydrogen-bond acceptors (Lipinski definition) is 2. The minimum atomic E-state index is -0.0150. The van der Waals surface area contributed by atoms with Gasteiger partial charge in [-0.1, -0.05) is 18.2 Å². The molecule has 3 nitrogen and oxygen atoms in total. The van der Waals surface area contributed by atoms with Crippen LogP contribution in [0.15, 0.2) is 36.9 Å². The van der Waals surface area contributed by atoms with Crippen molar-refractivity contribution >= 4 is 28.5 Å². The first kappa shape index (κ1) is 15.5. The molecule has 0 saturated carbocycles. The van der Waals surface area contributed by atoms with Crippen molar-refractivity contribution in [2.75, 3.05) is 13.2 Å². The van der Waals surface area contributed by atoms with Gasteiger partial charge in [0.1, 0.15) is 0 Å². The zero-order chi connectivity index (χ0) is 14.4. The second kappa shape index (κ2) is 7.78. The Morgan fingerprint density at radius 1 is 1.60 bits per heavy atom. The summed E-state index contributed by atoms with van der Waals surface area (Å²) in [6.45, 7) is 5.11. The predicted octanol–water partition coefficient (Wildman–Crippen LogP) is 3.45. The van der Waals surface area contributed by atoms with Crippen LogP contribution in [0.1, 0.15) is 30.9 Å². The summed E-state index contributed by atoms with van der Waals surface area (Å²) in [5.74, 6) is 0.0780. The molecule has 1 N–H and O–H groups in total. The fourth-order valence-corrected chi connectivity index (χ4v) is 2.97. The van der Waals surface area contributed by atoms with Gasteiger partial charge in [0, 0.05) is 10.2 Å². The fourth-order valence-electron chi connectivity index (χ4n) is 2.41. The van der Waals surface area contributed by atoms with E-state index in [1.54, 1.807) is 0 Å². The van der Waals surface area contributed by atoms with Gasteiger partial charge in [-0.15, -0.1) is 6.58 Å². The summed E-state index contributed by atoms with van der Waals surface area (Å²) in [7, 11) is 0. The molecule has 0 spiro atoms. The number of carbonyl (C=O) groups excluding carboxylic acids is 1. The molecule has 2 atom stereocenters. The molecule has 1 fully saturated rings. The van der Waals surface area contributed by atoms with Gasteiger partial charge in [-0.05, 0) is 59.5 Å². The average Bonchev–Trinajstić information content (AvgIpc) is 2.47. The monoisotopic (exact) mass is 385 g/mol. The molecule has 4 heteroatoms. The average molecular weight is 385 g/mol. The Labute approximate surface area is 133 Å². The van der Waals surface area contributed by atoms with Crippen molar-refractivity contribution < 1.29 is 9.53 Å². The van der Waals surface area contributed by atoms with E-state index in [1.807, 2.05) is 24.3 Å². The van der Waals surface area contributed by atoms with Gasteiger partial charge in [0.2, 0.25) is 5.91 Å². The highest BCUT2D eigenvalue weighted by molar-refractivity contribution is 14.1. The van der Waals surface area contributed by atoms with Crippen molar-refractivity contribution in [1.82, 2.24) is 5.32 Å². The maximum atomic E-state index is 12.3. The largest absolute Gasteiger partial charge is 0.381 e. The van der Waals surface area contributed by atoms with Crippen molar-refractivity contribution in [2.45, 2.75) is 25.3 Å². The maximum Gasteiger partial charge on any atom is 0.225 e. The van der Waals surface area contributed by atoms with Gasteiger partial charge < -0.3 is 10.1 Å². The number of carbonyl (C=O) groups is 1. The molecule has 1 amide bonds. The molecule has 1 aliphatic rings. The van der Waals surface area contributed by atoms with E-state index >= 15 is 0 Å². The Balaban J connectivity index is 2.04. The quantitative estimate of drug-likeness (QED) is 0.623. The highest BCUT2D eigenvalue weighted by atomic mass is 127. The van der Waals surface area contributed by atoms with Crippen molar-refractivity contribution in [3.63, 3.8) is 0 Å². The number of hydrogen-bond donors (Lipinski definition) is 1. The first-order valence-electron chi connectivity index (χ1n) is 6.95. The summed E-state index contributed by atoms with van der Waals surface area (Å²) < 4.78 is 6.56. The molecule has 1 heterocycles. The van der Waals surface area contributed by atoms with Crippen molar-refractivity contribution in [1.29, 1.82) is 0 Å². The molecule has 1 saturated heterocycles. The first-order chi connectivity index (χ1) is 9.70. The Kier molecular flexibility index (Phi) is 6.04. The molecule has 2 rings (SSSR count). The van der Waals surface area contributed by atoms with Crippen LogP contribution in [0.3, 0.4) is 0 Å². The number of rotatable bonds is 5. The first-order valence-corrected chi connectivity index (χ1v) is 8.03. The van der Waals surface area contributed by atoms with E-state index < -0.39 is 0 Å². The lowest BCUT2D eigenvalue weighted by atomic mass is 9.98. The Morgan fingerprint density at radius 2 is 2.45 bits per heavy atom. The second-order valence-electron chi connectivity index (χ2n) is 5.05. The van der Waals surface area contributed by atoms with E-state index in [0.29, 0.717) is 6.61 Å². The van der Waals surface area contributed by atoms with Gasteiger partial charge in [-0.3, -0.25) is 4.79 Å². The van der Waals surface area contributed by atoms with E-state index in [4.69, 9.17) is 4.74 Å². The zero-order valence-corrected chi connectivity index (χ0v) is 13.6. The van der Waals surface area contributed by atoms with Crippen LogP contribution in [0.2, 0.25) is 0 Å². The minimum absolute atomic E-state index is 0.00311. The highest BCUT2D eigenvalue weighted by Crippen LogP contribution is 2.21. The third kappa shape index (κ3) is 4.31. The lowest BCUT2D eigenvalue weighted by Crippen LogP contribution is -2.37. The molecule has 0 radical (unpaired) electrons. The van der Waals surface area contributed by atoms with Gasteiger partial charge >= 0.3 is 0 Å². The van der Waals surface area contributed by atoms with Crippen molar-refractivity contribution in [2.24, 2.45) is 5.92 Å². The van der Waals surface area contributed by atoms with E-state index in [0.717, 1.165) is 31.4 Å². The second-order valence-corrected chi connectivity index (χ2v) is 6.30. The van der Waals surface area contributed by atoms with Crippen LogP contribution < -0.4 is 5.32 Å². The number of halogens is 1. The van der Waals surface area contributed by atoms with Crippen LogP contribution in [0, 0.1) is 9.49 Å². The molecule has 2 unspecified atom stereocenters. The molecule has 0 bridgehead atoms. The summed E-state index contributed by atoms with van der Waals surface area (Å²) in [5, 5.41) is 3.14. The summed E-state index contributed by atoms with van der Waals surface area (Å²) in [6, 6.07) is 8.21. The van der Waals surface area contributed by atoms with Crippen LogP contribution in [0.5, 0.6) is 0 Å². The molecular weight excluding hydrogens is 365 g/mol. The summed E-state index contributed by atoms with van der Waals surface area (Å²) in [5.41, 5.74) is 1.13. The zero-order valence-electron chi connectivity index (χ0n) is 11.5. The topological polar surface area (TPSA) is 38.3 Å². The van der Waals surface area contributed by atoms with E-state index in [2.05, 4.69) is 40.6 Å². The molecule has 1 aromatic rings. The highest BCUT2D eigenvalue weighted by Gasteiger charge is 2.24. The Bertz CT molecular complexity index is 469. The smallest absolute Gasteiger partial charge is 0.225 e. The van der Waals surface area contributed by atoms with Gasteiger partial charge in [-0.2, -0.15) is 0 Å². The molecule has 0 aromatic heterocycles. The van der Waals surface area contributed by atoms with Gasteiger partial charge in [0.15, 0.2) is 0 Å². The van der Waals surface area contributed by atoms with Crippen molar-refractivity contribution in [3.8, 4) is 0 Å². The maximum absolute atomic E-state index is 12.3. The molecular formula is C16H20INO2. The van der Waals surface area contributed by atoms with E-state index in [1.165, 1.54) is 3.57 Å². The van der Waals surface area contributed by atoms with Crippen LogP contribution in [-0.2, 0) is 9.53 Å². The van der Waals surface area contributed by atoms with Crippen LogP contribution in [0.25, 0.3) is 0 Å². The molecule has 0 aliphatic carbocycles. The molecule has 108 valence electrons. The number of nitrogens with one attached hydrogen (secondary N) is 1. The van der Waals surface area contributed by atoms with Crippen LogP contribution >= 0.6 is 22.6 Å². The number of amides is 1. The van der Waals surface area contributed by atoms with Gasteiger partial charge in [0.05, 0.1) is 18.6 Å². The van der Waals surface area contributed by atoms with E-state index in [-0.39, 0.29) is 17.9 Å². The van der Waals surface area contributed by atoms with Crippen LogP contribution in [-0.4, -0.2) is 19.1 Å². The van der Waals surface area contributed by atoms with Gasteiger partial charge in [-0.25, -0.2) is 0 Å². The molecule has 1 aromatic carbocycles. The number of benzene rings is 1. The normalized spacial score (nSPS) is 20.1. The van der Waals surface area contributed by atoms with Crippen molar-refractivity contribution in [3.05, 3.63) is 46.1 Å². The van der Waals surface area contributed by atoms with E-state index in [9.17, 15) is 4.79 Å². The minimum Gasteiger partial charge on any atom is -0.381 e. The lowest BCUT2D eigenvalue weighted by Gasteiger charge is -2.25. The Hall–Kier alpha value is -0.880. The van der Waals surface area contributed by atoms with Gasteiger partial charge in [0.25, 0.3) is 0 Å². The summed E-state index contributed by atoms with van der Waals surface area (Å²) >= 11 is 2.29. The SMILES string of the molecule is C=CCC(NC(=O)C1CCCOC1)c1cccc(I)c1. The molecule has 1 aliphatic heterocycles. The summed E-state index contributed by atoms with van der Waals surface area (Å²) in [6.07, 6.45) is 4.47.